The summed E-state index contributed by atoms with van der Waals surface area (Å²) in [6.45, 7) is 0.670. The summed E-state index contributed by atoms with van der Waals surface area (Å²) in [7, 11) is 0. The number of thiocarbonyl (C=S) groups is 1. The Morgan fingerprint density at radius 2 is 2.17 bits per heavy atom. The Bertz CT molecular complexity index is 531. The number of H-pyrrole nitrogens is 1. The van der Waals surface area contributed by atoms with E-state index in [1.54, 1.807) is 0 Å². The molecule has 3 nitrogen and oxygen atoms in total. The summed E-state index contributed by atoms with van der Waals surface area (Å²) in [5.41, 5.74) is 2.01. The van der Waals surface area contributed by atoms with E-state index in [-0.39, 0.29) is 0 Å². The molecule has 5 heteroatoms. The number of hydrogen-bond donors (Lipinski definition) is 2. The number of rotatable bonds is 3. The highest BCUT2D eigenvalue weighted by atomic mass is 35.5. The molecular formula is C13H13ClN3S+. The molecule has 0 unspecified atom stereocenters. The van der Waals surface area contributed by atoms with Gasteiger partial charge in [-0.05, 0) is 36.5 Å². The van der Waals surface area contributed by atoms with Crippen LogP contribution < -0.4 is 15.6 Å². The number of anilines is 1. The van der Waals surface area contributed by atoms with Crippen LogP contribution >= 0.6 is 23.8 Å². The van der Waals surface area contributed by atoms with Gasteiger partial charge in [-0.1, -0.05) is 17.7 Å². The molecule has 0 atom stereocenters. The highest BCUT2D eigenvalue weighted by Crippen LogP contribution is 2.14. The van der Waals surface area contributed by atoms with Gasteiger partial charge in [0.25, 0.3) is 0 Å². The highest BCUT2D eigenvalue weighted by Gasteiger charge is 1.99. The second-order valence-corrected chi connectivity index (χ2v) is 4.57. The van der Waals surface area contributed by atoms with Gasteiger partial charge >= 0.3 is 0 Å². The van der Waals surface area contributed by atoms with Crippen molar-refractivity contribution in [3.8, 4) is 0 Å². The third kappa shape index (κ3) is 3.98. The van der Waals surface area contributed by atoms with Gasteiger partial charge < -0.3 is 10.6 Å². The van der Waals surface area contributed by atoms with E-state index in [2.05, 4.69) is 15.6 Å². The molecule has 1 aromatic heterocycles. The maximum absolute atomic E-state index is 5.89. The van der Waals surface area contributed by atoms with Crippen LogP contribution in [0.4, 0.5) is 5.69 Å². The van der Waals surface area contributed by atoms with Crippen LogP contribution in [0.25, 0.3) is 0 Å². The van der Waals surface area contributed by atoms with E-state index in [4.69, 9.17) is 23.8 Å². The Morgan fingerprint density at radius 3 is 2.89 bits per heavy atom. The number of halogens is 1. The van der Waals surface area contributed by atoms with Gasteiger partial charge in [-0.25, -0.2) is 4.98 Å². The Hall–Kier alpha value is -1.65. The zero-order valence-electron chi connectivity index (χ0n) is 9.61. The van der Waals surface area contributed by atoms with Crippen LogP contribution in [0, 0.1) is 0 Å². The molecule has 0 fully saturated rings. The molecule has 0 aliphatic heterocycles. The lowest BCUT2D eigenvalue weighted by molar-refractivity contribution is -0.378. The van der Waals surface area contributed by atoms with Crippen LogP contribution in [-0.4, -0.2) is 5.11 Å². The predicted molar refractivity (Wildman–Crippen MR) is 77.5 cm³/mol. The predicted octanol–water partition coefficient (Wildman–Crippen LogP) is 2.64. The highest BCUT2D eigenvalue weighted by molar-refractivity contribution is 7.80. The third-order valence-electron chi connectivity index (χ3n) is 2.31. The largest absolute Gasteiger partial charge is 0.358 e. The first-order chi connectivity index (χ1) is 8.74. The fraction of sp³-hybridized carbons (Fsp3) is 0.0769. The number of hydrogen-bond acceptors (Lipinski definition) is 1. The van der Waals surface area contributed by atoms with Crippen molar-refractivity contribution in [1.29, 1.82) is 0 Å². The van der Waals surface area contributed by atoms with Gasteiger partial charge in [0.1, 0.15) is 0 Å². The Labute approximate surface area is 116 Å². The molecule has 92 valence electrons. The molecule has 0 saturated carbocycles. The molecule has 0 aliphatic carbocycles. The summed E-state index contributed by atoms with van der Waals surface area (Å²) in [6, 6.07) is 11.4. The zero-order chi connectivity index (χ0) is 12.8. The fourth-order valence-corrected chi connectivity index (χ4v) is 1.84. The molecule has 3 N–H and O–H groups in total. The number of aromatic nitrogens is 1. The second kappa shape index (κ2) is 6.33. The van der Waals surface area contributed by atoms with Crippen molar-refractivity contribution in [3.63, 3.8) is 0 Å². The van der Waals surface area contributed by atoms with Crippen LogP contribution in [0.5, 0.6) is 0 Å². The SMILES string of the molecule is S=C(NCc1ccc[nH+]c1)Nc1cccc(Cl)c1. The summed E-state index contributed by atoms with van der Waals surface area (Å²) in [6.07, 6.45) is 3.79. The summed E-state index contributed by atoms with van der Waals surface area (Å²) in [5, 5.41) is 7.45. The molecule has 1 aromatic carbocycles. The van der Waals surface area contributed by atoms with Gasteiger partial charge in [0, 0.05) is 28.9 Å². The van der Waals surface area contributed by atoms with Gasteiger partial charge in [-0.3, -0.25) is 0 Å². The molecule has 1 heterocycles. The molecule has 18 heavy (non-hydrogen) atoms. The summed E-state index contributed by atoms with van der Waals surface area (Å²) >= 11 is 11.1. The first-order valence-corrected chi connectivity index (χ1v) is 6.28. The van der Waals surface area contributed by atoms with Crippen LogP contribution in [0.2, 0.25) is 5.02 Å². The standard InChI is InChI=1S/C13H12ClN3S/c14-11-4-1-5-12(7-11)17-13(18)16-9-10-3-2-6-15-8-10/h1-8H,9H2,(H2,16,17,18)/p+1. The smallest absolute Gasteiger partial charge is 0.171 e. The topological polar surface area (TPSA) is 38.2 Å². The molecule has 0 amide bonds. The third-order valence-corrected chi connectivity index (χ3v) is 2.79. The number of nitrogens with one attached hydrogen (secondary N) is 3. The molecule has 0 radical (unpaired) electrons. The number of benzene rings is 1. The van der Waals surface area contributed by atoms with E-state index < -0.39 is 0 Å². The lowest BCUT2D eigenvalue weighted by atomic mass is 10.3. The molecule has 2 rings (SSSR count). The van der Waals surface area contributed by atoms with Gasteiger partial charge in [0.2, 0.25) is 0 Å². The average molecular weight is 279 g/mol. The van der Waals surface area contributed by atoms with Gasteiger partial charge in [-0.2, -0.15) is 0 Å². The molecule has 0 spiro atoms. The van der Waals surface area contributed by atoms with Crippen molar-refractivity contribution in [2.45, 2.75) is 6.54 Å². The maximum atomic E-state index is 5.89. The number of pyridine rings is 1. The monoisotopic (exact) mass is 278 g/mol. The van der Waals surface area contributed by atoms with E-state index in [0.29, 0.717) is 16.7 Å². The van der Waals surface area contributed by atoms with Crippen molar-refractivity contribution < 1.29 is 4.98 Å². The maximum Gasteiger partial charge on any atom is 0.171 e. The second-order valence-electron chi connectivity index (χ2n) is 3.73. The van der Waals surface area contributed by atoms with Crippen LogP contribution in [0.1, 0.15) is 5.56 Å². The zero-order valence-corrected chi connectivity index (χ0v) is 11.2. The van der Waals surface area contributed by atoms with Crippen molar-refractivity contribution in [1.82, 2.24) is 5.32 Å². The van der Waals surface area contributed by atoms with Gasteiger partial charge in [0.05, 0.1) is 0 Å². The lowest BCUT2D eigenvalue weighted by Gasteiger charge is -2.09. The van der Waals surface area contributed by atoms with Crippen LogP contribution in [0.15, 0.2) is 48.8 Å². The van der Waals surface area contributed by atoms with Crippen molar-refractivity contribution in [2.24, 2.45) is 0 Å². The Kier molecular flexibility index (Phi) is 4.50. The Morgan fingerprint density at radius 1 is 1.28 bits per heavy atom. The van der Waals surface area contributed by atoms with Crippen molar-refractivity contribution >= 4 is 34.6 Å². The summed E-state index contributed by atoms with van der Waals surface area (Å²) in [4.78, 5) is 3.02. The van der Waals surface area contributed by atoms with Crippen LogP contribution in [0.3, 0.4) is 0 Å². The number of aromatic amines is 1. The molecule has 2 aromatic rings. The Balaban J connectivity index is 1.86. The molecule has 0 saturated heterocycles. The molecule has 0 bridgehead atoms. The van der Waals surface area contributed by atoms with Crippen molar-refractivity contribution in [3.05, 3.63) is 59.4 Å². The molecular weight excluding hydrogens is 266 g/mol. The van der Waals surface area contributed by atoms with Gasteiger partial charge in [0.15, 0.2) is 17.5 Å². The minimum absolute atomic E-state index is 0.570. The summed E-state index contributed by atoms with van der Waals surface area (Å²) < 4.78 is 0. The minimum Gasteiger partial charge on any atom is -0.358 e. The van der Waals surface area contributed by atoms with Gasteiger partial charge in [-0.15, -0.1) is 0 Å². The van der Waals surface area contributed by atoms with E-state index >= 15 is 0 Å². The van der Waals surface area contributed by atoms with E-state index in [0.717, 1.165) is 11.3 Å². The van der Waals surface area contributed by atoms with E-state index in [1.165, 1.54) is 0 Å². The first kappa shape index (κ1) is 12.8. The van der Waals surface area contributed by atoms with Crippen LogP contribution in [-0.2, 0) is 6.54 Å². The van der Waals surface area contributed by atoms with Crippen molar-refractivity contribution in [2.75, 3.05) is 5.32 Å². The quantitative estimate of drug-likeness (QED) is 0.848. The average Bonchev–Trinajstić information content (AvgIpc) is 2.38. The molecule has 0 aliphatic rings. The summed E-state index contributed by atoms with van der Waals surface area (Å²) in [5.74, 6) is 0. The fourth-order valence-electron chi connectivity index (χ4n) is 1.46. The minimum atomic E-state index is 0.570. The first-order valence-electron chi connectivity index (χ1n) is 5.49. The lowest BCUT2D eigenvalue weighted by Crippen LogP contribution is -2.28. The van der Waals surface area contributed by atoms with E-state index in [9.17, 15) is 0 Å². The van der Waals surface area contributed by atoms with E-state index in [1.807, 2.05) is 48.8 Å². The normalized spacial score (nSPS) is 9.83.